The van der Waals surface area contributed by atoms with Gasteiger partial charge >= 0.3 is 5.97 Å². The van der Waals surface area contributed by atoms with Gasteiger partial charge in [-0.2, -0.15) is 0 Å². The van der Waals surface area contributed by atoms with Crippen LogP contribution in [-0.4, -0.2) is 101 Å². The molecule has 302 valence electrons. The lowest BCUT2D eigenvalue weighted by Gasteiger charge is -2.71. The van der Waals surface area contributed by atoms with Crippen molar-refractivity contribution >= 4 is 12.4 Å². The molecule has 6 rings (SSSR count). The van der Waals surface area contributed by atoms with Crippen LogP contribution >= 0.6 is 0 Å². The molecule has 5 fully saturated rings. The van der Waals surface area contributed by atoms with Crippen LogP contribution < -0.4 is 0 Å². The lowest BCUT2D eigenvalue weighted by atomic mass is 9.33. The largest absolute Gasteiger partial charge is 0.464 e. The first-order chi connectivity index (χ1) is 24.8. The third-order valence-electron chi connectivity index (χ3n) is 17.2. The van der Waals surface area contributed by atoms with Crippen molar-refractivity contribution in [3.8, 4) is 0 Å². The molecule has 0 amide bonds. The van der Waals surface area contributed by atoms with Crippen molar-refractivity contribution in [1.82, 2.24) is 4.90 Å². The average molecular weight is 746 g/mol. The second-order valence-corrected chi connectivity index (χ2v) is 20.2. The fraction of sp³-hybridized carbons (Fsp3) is 0.907. The Hall–Kier alpha value is -1.56. The van der Waals surface area contributed by atoms with Crippen molar-refractivity contribution in [2.75, 3.05) is 26.2 Å². The Labute approximate surface area is 318 Å². The monoisotopic (exact) mass is 746 g/mol. The van der Waals surface area contributed by atoms with Crippen LogP contribution in [0.5, 0.6) is 0 Å². The lowest BCUT2D eigenvalue weighted by Crippen LogP contribution is -2.67. The van der Waals surface area contributed by atoms with E-state index < -0.39 is 42.2 Å². The summed E-state index contributed by atoms with van der Waals surface area (Å²) in [5.74, 6) is 0.660. The smallest absolute Gasteiger partial charge is 0.312 e. The van der Waals surface area contributed by atoms with Crippen molar-refractivity contribution < 1.29 is 44.2 Å². The quantitative estimate of drug-likeness (QED) is 0.126. The average Bonchev–Trinajstić information content (AvgIpc) is 3.10. The number of fused-ring (bicyclic) bond motifs is 7. The number of aliphatic hydroxyl groups is 4. The summed E-state index contributed by atoms with van der Waals surface area (Å²) < 4.78 is 16.9. The molecule has 1 heterocycles. The highest BCUT2D eigenvalue weighted by atomic mass is 16.7. The van der Waals surface area contributed by atoms with Gasteiger partial charge in [0.25, 0.3) is 6.47 Å². The van der Waals surface area contributed by atoms with Gasteiger partial charge in [0.15, 0.2) is 0 Å². The van der Waals surface area contributed by atoms with Crippen molar-refractivity contribution in [2.45, 2.75) is 163 Å². The molecule has 10 nitrogen and oxygen atoms in total. The number of hydrogen-bond donors (Lipinski definition) is 4. The SMILES string of the molecule is CCN(CC)CCOC(=O)[C@]12CCC(C)(C)CC1C1=CCC3[C@@]4(C)CC[C@H]([C@H](O)[C@@H]5OC(OC=O)[C@@H](O)[C@H](O)C5O)C(C)(C)C4CC[C@@]3(C)[C@]1(C)CC2. The van der Waals surface area contributed by atoms with Crippen LogP contribution in [0.25, 0.3) is 0 Å². The minimum atomic E-state index is -1.62. The van der Waals surface area contributed by atoms with E-state index in [1.165, 1.54) is 5.57 Å². The van der Waals surface area contributed by atoms with Gasteiger partial charge < -0.3 is 39.5 Å². The van der Waals surface area contributed by atoms with E-state index in [2.05, 4.69) is 73.3 Å². The number of esters is 1. The molecule has 5 unspecified atom stereocenters. The number of hydrogen-bond acceptors (Lipinski definition) is 10. The Bertz CT molecular complexity index is 1400. The second kappa shape index (κ2) is 14.4. The zero-order chi connectivity index (χ0) is 38.9. The number of ether oxygens (including phenoxy) is 3. The van der Waals surface area contributed by atoms with E-state index in [9.17, 15) is 30.0 Å². The van der Waals surface area contributed by atoms with Crippen LogP contribution in [0.4, 0.5) is 0 Å². The van der Waals surface area contributed by atoms with E-state index >= 15 is 0 Å². The molecular weight excluding hydrogens is 674 g/mol. The summed E-state index contributed by atoms with van der Waals surface area (Å²) in [7, 11) is 0. The first kappa shape index (κ1) is 41.1. The van der Waals surface area contributed by atoms with Gasteiger partial charge in [0.05, 0.1) is 11.5 Å². The van der Waals surface area contributed by atoms with Crippen LogP contribution in [-0.2, 0) is 23.8 Å². The maximum Gasteiger partial charge on any atom is 0.312 e. The molecule has 0 aromatic rings. The van der Waals surface area contributed by atoms with E-state index in [1.807, 2.05) is 0 Å². The van der Waals surface area contributed by atoms with Crippen molar-refractivity contribution in [3.05, 3.63) is 11.6 Å². The van der Waals surface area contributed by atoms with Gasteiger partial charge in [-0.1, -0.05) is 74.0 Å². The molecule has 14 atom stereocenters. The van der Waals surface area contributed by atoms with E-state index in [1.54, 1.807) is 0 Å². The summed E-state index contributed by atoms with van der Waals surface area (Å²) in [6.45, 7) is 24.3. The zero-order valence-corrected chi connectivity index (χ0v) is 34.1. The van der Waals surface area contributed by atoms with E-state index in [4.69, 9.17) is 14.2 Å². The van der Waals surface area contributed by atoms with Gasteiger partial charge in [0, 0.05) is 6.54 Å². The van der Waals surface area contributed by atoms with Gasteiger partial charge in [0.2, 0.25) is 6.29 Å². The molecule has 6 aliphatic rings. The van der Waals surface area contributed by atoms with Crippen LogP contribution in [0.15, 0.2) is 11.6 Å². The minimum Gasteiger partial charge on any atom is -0.464 e. The molecular formula is C43H71NO9. The predicted molar refractivity (Wildman–Crippen MR) is 201 cm³/mol. The minimum absolute atomic E-state index is 0.00754. The lowest BCUT2D eigenvalue weighted by molar-refractivity contribution is -0.308. The van der Waals surface area contributed by atoms with Gasteiger partial charge in [-0.3, -0.25) is 9.59 Å². The number of rotatable bonds is 10. The normalized spacial score (nSPS) is 46.5. The van der Waals surface area contributed by atoms with Gasteiger partial charge in [-0.05, 0) is 128 Å². The summed E-state index contributed by atoms with van der Waals surface area (Å²) >= 11 is 0. The van der Waals surface area contributed by atoms with Crippen molar-refractivity contribution in [1.29, 1.82) is 0 Å². The summed E-state index contributed by atoms with van der Waals surface area (Å²) in [6.07, 6.45) is 3.40. The Morgan fingerprint density at radius 2 is 1.60 bits per heavy atom. The highest BCUT2D eigenvalue weighted by molar-refractivity contribution is 5.78. The van der Waals surface area contributed by atoms with Crippen LogP contribution in [0.1, 0.15) is 127 Å². The van der Waals surface area contributed by atoms with Gasteiger partial charge in [0.1, 0.15) is 31.0 Å². The number of nitrogens with zero attached hydrogens (tertiary/aromatic N) is 1. The van der Waals surface area contributed by atoms with E-state index in [-0.39, 0.29) is 57.3 Å². The first-order valence-electron chi connectivity index (χ1n) is 20.8. The molecule has 0 radical (unpaired) electrons. The highest BCUT2D eigenvalue weighted by Gasteiger charge is 2.70. The Kier molecular flexibility index (Phi) is 11.2. The second-order valence-electron chi connectivity index (χ2n) is 20.2. The summed E-state index contributed by atoms with van der Waals surface area (Å²) in [6, 6.07) is 0. The molecule has 4 N–H and O–H groups in total. The molecule has 0 aromatic heterocycles. The molecule has 0 spiro atoms. The standard InChI is InChI=1S/C43H71NO9/c1-10-44(11-2)22-23-51-37(50)43-20-18-38(3,4)24-28(43)26-12-13-30-40(7)16-14-27(31(46)35-33(48)32(47)34(49)36(53-35)52-25-45)39(5,6)29(40)15-17-42(30,9)41(26,8)19-21-43/h12,25,27-36,46-49H,10-11,13-24H2,1-9H3/t27-,28?,29?,30?,31+,32-,33?,34+,35+,36?,40+,41-,42-,43+/m1/s1. The van der Waals surface area contributed by atoms with Crippen molar-refractivity contribution in [3.63, 3.8) is 0 Å². The molecule has 4 saturated carbocycles. The summed E-state index contributed by atoms with van der Waals surface area (Å²) in [4.78, 5) is 27.7. The zero-order valence-electron chi connectivity index (χ0n) is 34.1. The van der Waals surface area contributed by atoms with E-state index in [0.29, 0.717) is 18.9 Å². The molecule has 1 aliphatic heterocycles. The predicted octanol–water partition coefficient (Wildman–Crippen LogP) is 5.63. The van der Waals surface area contributed by atoms with Gasteiger partial charge in [-0.25, -0.2) is 0 Å². The highest BCUT2D eigenvalue weighted by Crippen LogP contribution is 2.76. The maximum atomic E-state index is 14.3. The van der Waals surface area contributed by atoms with Gasteiger partial charge in [-0.15, -0.1) is 0 Å². The van der Waals surface area contributed by atoms with Crippen LogP contribution in [0.3, 0.4) is 0 Å². The Balaban J connectivity index is 1.27. The number of likely N-dealkylation sites (N-methyl/N-ethyl adjacent to an activating group) is 1. The van der Waals surface area contributed by atoms with E-state index in [0.717, 1.165) is 77.4 Å². The molecule has 0 bridgehead atoms. The Morgan fingerprint density at radius 3 is 2.26 bits per heavy atom. The van der Waals surface area contributed by atoms with Crippen molar-refractivity contribution in [2.24, 2.45) is 56.2 Å². The Morgan fingerprint density at radius 1 is 0.925 bits per heavy atom. The third-order valence-corrected chi connectivity index (χ3v) is 17.2. The number of carbonyl (C=O) groups excluding carboxylic acids is 2. The first-order valence-corrected chi connectivity index (χ1v) is 20.8. The number of carbonyl (C=O) groups is 2. The third kappa shape index (κ3) is 6.36. The summed E-state index contributed by atoms with van der Waals surface area (Å²) in [5.41, 5.74) is 0.848. The molecule has 5 aliphatic carbocycles. The molecule has 1 saturated heterocycles. The number of aliphatic hydroxyl groups excluding tert-OH is 4. The summed E-state index contributed by atoms with van der Waals surface area (Å²) in [5, 5.41) is 43.8. The molecule has 53 heavy (non-hydrogen) atoms. The topological polar surface area (TPSA) is 146 Å². The van der Waals surface area contributed by atoms with Crippen LogP contribution in [0.2, 0.25) is 0 Å². The van der Waals surface area contributed by atoms with Crippen LogP contribution in [0, 0.1) is 56.2 Å². The molecule has 10 heteroatoms. The molecule has 0 aromatic carbocycles. The fourth-order valence-electron chi connectivity index (χ4n) is 13.8. The fourth-order valence-corrected chi connectivity index (χ4v) is 13.8. The number of allylic oxidation sites excluding steroid dienone is 2. The maximum absolute atomic E-state index is 14.3.